The summed E-state index contributed by atoms with van der Waals surface area (Å²) in [5.74, 6) is -1.87. The van der Waals surface area contributed by atoms with E-state index in [4.69, 9.17) is 15.3 Å². The summed E-state index contributed by atoms with van der Waals surface area (Å²) in [6.07, 6.45) is 3.44. The first-order valence-electron chi connectivity index (χ1n) is 7.22. The van der Waals surface area contributed by atoms with Crippen LogP contribution in [0.2, 0.25) is 0 Å². The van der Waals surface area contributed by atoms with Crippen molar-refractivity contribution in [1.82, 2.24) is 0 Å². The van der Waals surface area contributed by atoms with Crippen molar-refractivity contribution in [3.63, 3.8) is 0 Å². The minimum atomic E-state index is -0.935. The molecule has 1 aliphatic rings. The Morgan fingerprint density at radius 1 is 0.960 bits per heavy atom. The quantitative estimate of drug-likeness (QED) is 0.431. The van der Waals surface area contributed by atoms with Crippen LogP contribution in [0.25, 0.3) is 0 Å². The second-order valence-electron chi connectivity index (χ2n) is 5.80. The Bertz CT molecular complexity index is 492. The second kappa shape index (κ2) is 14.9. The van der Waals surface area contributed by atoms with Gasteiger partial charge in [-0.2, -0.15) is 18.3 Å². The molecule has 0 atom stereocenters. The molecular formula is C19H30O5Ti. The summed E-state index contributed by atoms with van der Waals surface area (Å²) in [7, 11) is 0.750. The molecule has 1 rings (SSSR count). The number of carbonyl (C=O) groups is 2. The first-order valence-corrected chi connectivity index (χ1v) is 7.22. The van der Waals surface area contributed by atoms with Crippen molar-refractivity contribution in [3.8, 4) is 0 Å². The molecule has 25 heavy (non-hydrogen) atoms. The fourth-order valence-corrected chi connectivity index (χ4v) is 1.41. The van der Waals surface area contributed by atoms with Crippen LogP contribution in [0, 0.1) is 11.5 Å². The molecule has 140 valence electrons. The van der Waals surface area contributed by atoms with Crippen LogP contribution in [0.5, 0.6) is 0 Å². The molecule has 0 heterocycles. The van der Waals surface area contributed by atoms with Gasteiger partial charge in [0.1, 0.15) is 0 Å². The summed E-state index contributed by atoms with van der Waals surface area (Å²) in [6, 6.07) is 0. The molecule has 2 N–H and O–H groups in total. The van der Waals surface area contributed by atoms with Crippen molar-refractivity contribution in [2.45, 2.75) is 48.5 Å². The van der Waals surface area contributed by atoms with Gasteiger partial charge in [-0.15, -0.1) is 6.92 Å². The Morgan fingerprint density at radius 3 is 1.24 bits per heavy atom. The third kappa shape index (κ3) is 14.6. The summed E-state index contributed by atoms with van der Waals surface area (Å²) in [4.78, 5) is 19.2. The zero-order valence-corrected chi connectivity index (χ0v) is 18.1. The molecule has 0 saturated heterocycles. The van der Waals surface area contributed by atoms with E-state index in [0.29, 0.717) is 0 Å². The number of allylic oxidation sites excluding steroid dienone is 4. The van der Waals surface area contributed by atoms with E-state index >= 15 is 0 Å². The summed E-state index contributed by atoms with van der Waals surface area (Å²) in [6.45, 7) is 20.1. The Labute approximate surface area is 166 Å². The van der Waals surface area contributed by atoms with E-state index in [0.717, 1.165) is 7.11 Å². The minimum Gasteiger partial charge on any atom is -0.857 e. The predicted octanol–water partition coefficient (Wildman–Crippen LogP) is 3.38. The molecule has 0 amide bonds. The predicted molar refractivity (Wildman–Crippen MR) is 95.4 cm³/mol. The third-order valence-corrected chi connectivity index (χ3v) is 3.29. The maximum Gasteiger partial charge on any atom is 2.00 e. The van der Waals surface area contributed by atoms with Crippen molar-refractivity contribution in [1.29, 1.82) is 0 Å². The summed E-state index contributed by atoms with van der Waals surface area (Å²) in [5.41, 5.74) is 4.75. The molecule has 0 bridgehead atoms. The van der Waals surface area contributed by atoms with Gasteiger partial charge in [-0.05, 0) is 13.8 Å². The number of carboxylic acids is 2. The molecule has 0 spiro atoms. The van der Waals surface area contributed by atoms with Crippen LogP contribution < -0.4 is 5.11 Å². The fourth-order valence-electron chi connectivity index (χ4n) is 1.41. The third-order valence-electron chi connectivity index (χ3n) is 3.29. The Kier molecular flexibility index (Phi) is 18.7. The smallest absolute Gasteiger partial charge is 0.857 e. The average molecular weight is 386 g/mol. The standard InChI is InChI=1S/C10H15.2C4H6O2.CH3O.Ti/c1-7-6-10(4,5)9(3)8(7)2;2*1-3(2)4(5)6;1-2;/h1-5H3;2*1H2,2H3,(H,5,6);1H3;/q-1;;;-1;+2. The molecule has 0 saturated carbocycles. The van der Waals surface area contributed by atoms with Crippen molar-refractivity contribution in [3.05, 3.63) is 47.1 Å². The van der Waals surface area contributed by atoms with Gasteiger partial charge in [0, 0.05) is 11.1 Å². The van der Waals surface area contributed by atoms with E-state index in [1.807, 2.05) is 0 Å². The van der Waals surface area contributed by atoms with E-state index in [9.17, 15) is 9.59 Å². The van der Waals surface area contributed by atoms with Gasteiger partial charge in [-0.1, -0.05) is 46.3 Å². The molecule has 6 heteroatoms. The van der Waals surface area contributed by atoms with Crippen molar-refractivity contribution < 1.29 is 46.6 Å². The summed E-state index contributed by atoms with van der Waals surface area (Å²) >= 11 is 0. The normalized spacial score (nSPS) is 13.2. The number of carboxylic acid groups (broad SMARTS) is 2. The molecule has 0 aromatic heterocycles. The van der Waals surface area contributed by atoms with Crippen LogP contribution in [-0.4, -0.2) is 29.3 Å². The molecule has 0 aromatic carbocycles. The first-order chi connectivity index (χ1) is 10.7. The molecule has 1 aliphatic carbocycles. The number of rotatable bonds is 2. The van der Waals surface area contributed by atoms with E-state index in [1.54, 1.807) is 0 Å². The molecule has 0 fully saturated rings. The maximum atomic E-state index is 9.60. The zero-order valence-electron chi connectivity index (χ0n) is 16.5. The van der Waals surface area contributed by atoms with Crippen LogP contribution in [0.4, 0.5) is 0 Å². The van der Waals surface area contributed by atoms with Crippen molar-refractivity contribution in [2.75, 3.05) is 7.11 Å². The molecule has 0 radical (unpaired) electrons. The zero-order chi connectivity index (χ0) is 20.2. The molecular weight excluding hydrogens is 356 g/mol. The van der Waals surface area contributed by atoms with E-state index in [2.05, 4.69) is 53.9 Å². The minimum absolute atomic E-state index is 0. The van der Waals surface area contributed by atoms with Crippen LogP contribution in [0.15, 0.2) is 41.0 Å². The van der Waals surface area contributed by atoms with Gasteiger partial charge < -0.3 is 15.3 Å². The van der Waals surface area contributed by atoms with Gasteiger partial charge >= 0.3 is 33.7 Å². The van der Waals surface area contributed by atoms with Crippen molar-refractivity contribution in [2.24, 2.45) is 5.41 Å². The van der Waals surface area contributed by atoms with Gasteiger partial charge in [-0.3, -0.25) is 6.08 Å². The van der Waals surface area contributed by atoms with Crippen LogP contribution in [-0.2, 0) is 31.3 Å². The molecule has 5 nitrogen and oxygen atoms in total. The van der Waals surface area contributed by atoms with Crippen molar-refractivity contribution >= 4 is 11.9 Å². The Morgan fingerprint density at radius 2 is 1.20 bits per heavy atom. The number of aliphatic carboxylic acids is 2. The van der Waals surface area contributed by atoms with Gasteiger partial charge in [-0.25, -0.2) is 15.2 Å². The maximum absolute atomic E-state index is 9.60. The molecule has 0 aromatic rings. The van der Waals surface area contributed by atoms with Crippen LogP contribution >= 0.6 is 0 Å². The fraction of sp³-hybridized carbons (Fsp3) is 0.474. The Hall–Kier alpha value is -1.43. The van der Waals surface area contributed by atoms with E-state index in [-0.39, 0.29) is 38.3 Å². The largest absolute Gasteiger partial charge is 2.00 e. The van der Waals surface area contributed by atoms with Crippen LogP contribution in [0.1, 0.15) is 48.5 Å². The summed E-state index contributed by atoms with van der Waals surface area (Å²) < 4.78 is 0. The first kappa shape index (κ1) is 31.4. The second-order valence-corrected chi connectivity index (χ2v) is 5.80. The Balaban J connectivity index is -0.000000130. The van der Waals surface area contributed by atoms with Crippen LogP contribution in [0.3, 0.4) is 0 Å². The average Bonchev–Trinajstić information content (AvgIpc) is 2.64. The number of hydrogen-bond donors (Lipinski definition) is 2. The van der Waals surface area contributed by atoms with Gasteiger partial charge in [0.2, 0.25) is 0 Å². The van der Waals surface area contributed by atoms with E-state index in [1.165, 1.54) is 30.6 Å². The molecule has 0 unspecified atom stereocenters. The van der Waals surface area contributed by atoms with Gasteiger partial charge in [0.05, 0.1) is 0 Å². The summed E-state index contributed by atoms with van der Waals surface area (Å²) in [5, 5.41) is 24.0. The number of hydrogen-bond acceptors (Lipinski definition) is 3. The van der Waals surface area contributed by atoms with Gasteiger partial charge in [0.15, 0.2) is 0 Å². The topological polar surface area (TPSA) is 97.7 Å². The monoisotopic (exact) mass is 386 g/mol. The molecule has 0 aliphatic heterocycles. The van der Waals surface area contributed by atoms with Gasteiger partial charge in [0.25, 0.3) is 0 Å². The SMILES string of the molecule is C=C(C)C(=O)O.C=C(C)C(=O)O.CC1=[C-]C(C)(C)C(C)=C1C.C[O-].[Ti+2]. The van der Waals surface area contributed by atoms with E-state index < -0.39 is 11.9 Å².